The maximum Gasteiger partial charge on any atom is 0.251 e. The summed E-state index contributed by atoms with van der Waals surface area (Å²) in [7, 11) is 0. The number of carbonyl (C=O) groups is 2. The van der Waals surface area contributed by atoms with E-state index < -0.39 is 5.54 Å². The topological polar surface area (TPSA) is 99.5 Å². The largest absolute Gasteiger partial charge is 0.395 e. The molecule has 0 spiro atoms. The number of carbonyl (C=O) groups excluding carboxylic acids is 2. The van der Waals surface area contributed by atoms with Gasteiger partial charge in [-0.1, -0.05) is 0 Å². The maximum atomic E-state index is 12.8. The van der Waals surface area contributed by atoms with Crippen molar-refractivity contribution in [2.75, 3.05) is 26.2 Å². The molecule has 2 saturated heterocycles. The van der Waals surface area contributed by atoms with Gasteiger partial charge in [0.2, 0.25) is 5.91 Å². The molecule has 3 N–H and O–H groups in total. The third-order valence-corrected chi connectivity index (χ3v) is 5.99. The second kappa shape index (κ2) is 8.34. The fourth-order valence-corrected chi connectivity index (χ4v) is 4.57. The van der Waals surface area contributed by atoms with Gasteiger partial charge in [0.15, 0.2) is 0 Å². The summed E-state index contributed by atoms with van der Waals surface area (Å²) in [5.74, 6) is -0.161. The van der Waals surface area contributed by atoms with Gasteiger partial charge < -0.3 is 20.3 Å². The minimum Gasteiger partial charge on any atom is -0.395 e. The van der Waals surface area contributed by atoms with Crippen LogP contribution in [0.25, 0.3) is 5.69 Å². The highest BCUT2D eigenvalue weighted by atomic mass is 16.3. The molecule has 2 aliphatic heterocycles. The molecular weight excluding hydrogens is 370 g/mol. The number of fused-ring (bicyclic) bond motifs is 1. The number of piperidine rings is 1. The molecule has 0 radical (unpaired) electrons. The van der Waals surface area contributed by atoms with Gasteiger partial charge in [0, 0.05) is 42.8 Å². The molecule has 29 heavy (non-hydrogen) atoms. The SMILES string of the molecule is O=C(N[C@@H]1CN2CCCC[C@@]2(C(=O)NCCO)C1)c1ccc(-n2ccnc2)cc1. The Kier molecular flexibility index (Phi) is 5.64. The standard InChI is InChI=1S/C21H27N5O3/c27-12-9-23-20(29)21-7-1-2-10-26(21)14-17(13-21)24-19(28)16-3-5-18(6-4-16)25-11-8-22-15-25/h3-6,8,11,15,17,27H,1-2,7,9-10,12-14H2,(H,23,29)(H,24,28)/t17-,21-/m0/s1. The Morgan fingerprint density at radius 2 is 2.07 bits per heavy atom. The van der Waals surface area contributed by atoms with E-state index in [1.807, 2.05) is 22.9 Å². The third-order valence-electron chi connectivity index (χ3n) is 5.99. The van der Waals surface area contributed by atoms with Crippen LogP contribution in [-0.2, 0) is 4.79 Å². The molecule has 2 amide bonds. The monoisotopic (exact) mass is 397 g/mol. The van der Waals surface area contributed by atoms with E-state index in [-0.39, 0.29) is 31.0 Å². The number of aromatic nitrogens is 2. The van der Waals surface area contributed by atoms with Crippen LogP contribution in [0.1, 0.15) is 36.0 Å². The Bertz CT molecular complexity index is 852. The predicted molar refractivity (Wildman–Crippen MR) is 108 cm³/mol. The second-order valence-electron chi connectivity index (χ2n) is 7.81. The van der Waals surface area contributed by atoms with Crippen LogP contribution in [0.15, 0.2) is 43.0 Å². The van der Waals surface area contributed by atoms with Gasteiger partial charge in [-0.05, 0) is 56.5 Å². The van der Waals surface area contributed by atoms with E-state index in [4.69, 9.17) is 5.11 Å². The zero-order chi connectivity index (χ0) is 20.3. The Balaban J connectivity index is 1.43. The molecule has 4 rings (SSSR count). The molecule has 154 valence electrons. The Labute approximate surface area is 169 Å². The van der Waals surface area contributed by atoms with Gasteiger partial charge in [0.05, 0.1) is 12.9 Å². The van der Waals surface area contributed by atoms with Crippen molar-refractivity contribution in [1.82, 2.24) is 25.1 Å². The summed E-state index contributed by atoms with van der Waals surface area (Å²) in [4.78, 5) is 31.8. The summed E-state index contributed by atoms with van der Waals surface area (Å²) < 4.78 is 1.88. The average Bonchev–Trinajstić information content (AvgIpc) is 3.40. The lowest BCUT2D eigenvalue weighted by molar-refractivity contribution is -0.134. The van der Waals surface area contributed by atoms with Crippen LogP contribution < -0.4 is 10.6 Å². The molecule has 8 heteroatoms. The Morgan fingerprint density at radius 1 is 1.24 bits per heavy atom. The summed E-state index contributed by atoms with van der Waals surface area (Å²) in [6.45, 7) is 1.72. The normalized spacial score (nSPS) is 24.1. The van der Waals surface area contributed by atoms with Crippen LogP contribution >= 0.6 is 0 Å². The first-order valence-corrected chi connectivity index (χ1v) is 10.2. The minimum absolute atomic E-state index is 0.0346. The van der Waals surface area contributed by atoms with Crippen molar-refractivity contribution in [3.8, 4) is 5.69 Å². The van der Waals surface area contributed by atoms with Gasteiger partial charge in [-0.15, -0.1) is 0 Å². The number of imidazole rings is 1. The summed E-state index contributed by atoms with van der Waals surface area (Å²) in [5.41, 5.74) is 0.963. The van der Waals surface area contributed by atoms with Crippen molar-refractivity contribution in [2.45, 2.75) is 37.3 Å². The molecule has 1 aromatic heterocycles. The van der Waals surface area contributed by atoms with Crippen LogP contribution in [0.2, 0.25) is 0 Å². The van der Waals surface area contributed by atoms with E-state index >= 15 is 0 Å². The van der Waals surface area contributed by atoms with Gasteiger partial charge in [-0.25, -0.2) is 4.98 Å². The van der Waals surface area contributed by atoms with Gasteiger partial charge in [0.25, 0.3) is 5.91 Å². The lowest BCUT2D eigenvalue weighted by Crippen LogP contribution is -2.57. The first kappa shape index (κ1) is 19.6. The predicted octanol–water partition coefficient (Wildman–Crippen LogP) is 0.708. The van der Waals surface area contributed by atoms with E-state index in [9.17, 15) is 9.59 Å². The molecule has 2 aromatic rings. The number of nitrogens with one attached hydrogen (secondary N) is 2. The van der Waals surface area contributed by atoms with Crippen LogP contribution in [0.5, 0.6) is 0 Å². The van der Waals surface area contributed by atoms with E-state index in [2.05, 4.69) is 20.5 Å². The molecule has 0 bridgehead atoms. The first-order valence-electron chi connectivity index (χ1n) is 10.2. The van der Waals surface area contributed by atoms with Gasteiger partial charge in [-0.3, -0.25) is 14.5 Å². The Morgan fingerprint density at radius 3 is 2.79 bits per heavy atom. The molecular formula is C21H27N5O3. The van der Waals surface area contributed by atoms with Gasteiger partial charge in [-0.2, -0.15) is 0 Å². The summed E-state index contributed by atoms with van der Waals surface area (Å²) in [6, 6.07) is 7.30. The molecule has 0 unspecified atom stereocenters. The van der Waals surface area contributed by atoms with Crippen LogP contribution in [0, 0.1) is 0 Å². The van der Waals surface area contributed by atoms with Crippen molar-refractivity contribution >= 4 is 11.8 Å². The first-order chi connectivity index (χ1) is 14.1. The molecule has 1 aromatic carbocycles. The molecule has 2 aliphatic rings. The van der Waals surface area contributed by atoms with Crippen molar-refractivity contribution in [3.63, 3.8) is 0 Å². The lowest BCUT2D eigenvalue weighted by atomic mass is 9.84. The average molecular weight is 397 g/mol. The van der Waals surface area contributed by atoms with Crippen LogP contribution in [0.3, 0.4) is 0 Å². The zero-order valence-corrected chi connectivity index (χ0v) is 16.4. The lowest BCUT2D eigenvalue weighted by Gasteiger charge is -2.40. The third kappa shape index (κ3) is 3.90. The Hall–Kier alpha value is -2.71. The smallest absolute Gasteiger partial charge is 0.251 e. The number of aliphatic hydroxyl groups excluding tert-OH is 1. The number of hydrogen-bond donors (Lipinski definition) is 3. The fourth-order valence-electron chi connectivity index (χ4n) is 4.57. The second-order valence-corrected chi connectivity index (χ2v) is 7.81. The van der Waals surface area contributed by atoms with E-state index in [1.54, 1.807) is 24.7 Å². The molecule has 2 fully saturated rings. The van der Waals surface area contributed by atoms with Crippen molar-refractivity contribution in [1.29, 1.82) is 0 Å². The number of amides is 2. The van der Waals surface area contributed by atoms with Crippen molar-refractivity contribution in [3.05, 3.63) is 48.5 Å². The number of aliphatic hydroxyl groups is 1. The van der Waals surface area contributed by atoms with Crippen LogP contribution in [-0.4, -0.2) is 69.2 Å². The van der Waals surface area contributed by atoms with Crippen molar-refractivity contribution < 1.29 is 14.7 Å². The molecule has 2 atom stereocenters. The summed E-state index contributed by atoms with van der Waals surface area (Å²) in [5, 5.41) is 15.0. The summed E-state index contributed by atoms with van der Waals surface area (Å²) in [6.07, 6.45) is 8.72. The van der Waals surface area contributed by atoms with E-state index in [0.29, 0.717) is 18.5 Å². The highest BCUT2D eigenvalue weighted by Crippen LogP contribution is 2.38. The highest BCUT2D eigenvalue weighted by molar-refractivity contribution is 5.95. The molecule has 0 saturated carbocycles. The molecule has 0 aliphatic carbocycles. The highest BCUT2D eigenvalue weighted by Gasteiger charge is 2.52. The number of hydrogen-bond acceptors (Lipinski definition) is 5. The number of rotatable bonds is 6. The fraction of sp³-hybridized carbons (Fsp3) is 0.476. The maximum absolute atomic E-state index is 12.8. The van der Waals surface area contributed by atoms with Crippen LogP contribution in [0.4, 0.5) is 0 Å². The number of benzene rings is 1. The summed E-state index contributed by atoms with van der Waals surface area (Å²) >= 11 is 0. The zero-order valence-electron chi connectivity index (χ0n) is 16.4. The van der Waals surface area contributed by atoms with Gasteiger partial charge >= 0.3 is 0 Å². The van der Waals surface area contributed by atoms with Gasteiger partial charge in [0.1, 0.15) is 5.54 Å². The molecule has 8 nitrogen and oxygen atoms in total. The van der Waals surface area contributed by atoms with Crippen molar-refractivity contribution in [2.24, 2.45) is 0 Å². The van der Waals surface area contributed by atoms with E-state index in [1.165, 1.54) is 0 Å². The molecule has 3 heterocycles. The number of nitrogens with zero attached hydrogens (tertiary/aromatic N) is 3. The minimum atomic E-state index is -0.573. The van der Waals surface area contributed by atoms with E-state index in [0.717, 1.165) is 31.5 Å². The quantitative estimate of drug-likeness (QED) is 0.667.